The van der Waals surface area contributed by atoms with Gasteiger partial charge in [-0.3, -0.25) is 0 Å². The molecule has 3 aromatic carbocycles. The van der Waals surface area contributed by atoms with Gasteiger partial charge in [-0.1, -0.05) is 60.7 Å². The fourth-order valence-corrected chi connectivity index (χ4v) is 4.05. The lowest BCUT2D eigenvalue weighted by atomic mass is 10.0. The highest BCUT2D eigenvalue weighted by atomic mass is 16.5. The summed E-state index contributed by atoms with van der Waals surface area (Å²) in [7, 11) is 4.83. The average Bonchev–Trinajstić information content (AvgIpc) is 3.32. The second-order valence-corrected chi connectivity index (χ2v) is 7.77. The van der Waals surface area contributed by atoms with E-state index < -0.39 is 0 Å². The molecule has 0 spiro atoms. The molecule has 0 aliphatic carbocycles. The van der Waals surface area contributed by atoms with E-state index in [4.69, 9.17) is 23.9 Å². The van der Waals surface area contributed by atoms with Gasteiger partial charge in [0.15, 0.2) is 11.5 Å². The third kappa shape index (κ3) is 5.07. The van der Waals surface area contributed by atoms with Crippen molar-refractivity contribution in [2.24, 2.45) is 0 Å². The van der Waals surface area contributed by atoms with E-state index in [0.29, 0.717) is 30.5 Å². The smallest absolute Gasteiger partial charge is 0.203 e. The van der Waals surface area contributed by atoms with Crippen LogP contribution < -0.4 is 14.2 Å². The molecule has 1 aromatic heterocycles. The Morgan fingerprint density at radius 1 is 0.735 bits per heavy atom. The molecular formula is C28H30N2O4. The van der Waals surface area contributed by atoms with E-state index in [1.807, 2.05) is 42.7 Å². The lowest BCUT2D eigenvalue weighted by molar-refractivity contribution is 0.113. The summed E-state index contributed by atoms with van der Waals surface area (Å²) in [5.74, 6) is 1.84. The molecule has 0 unspecified atom stereocenters. The molecule has 0 bridgehead atoms. The van der Waals surface area contributed by atoms with Crippen LogP contribution in [0.5, 0.6) is 17.2 Å². The monoisotopic (exact) mass is 458 g/mol. The Hall–Kier alpha value is -3.77. The second kappa shape index (κ2) is 11.4. The standard InChI is InChI=1S/C28H30N2O4/c1-31-24-16-15-23(27(32-2)28(24)33-3)19-34-18-10-17-30-20-29-25(21-11-6-4-7-12-21)26(30)22-13-8-5-9-14-22/h4-9,11-16,20H,10,17-19H2,1-3H3. The normalized spacial score (nSPS) is 10.8. The van der Waals surface area contributed by atoms with Gasteiger partial charge < -0.3 is 23.5 Å². The Kier molecular flexibility index (Phi) is 7.83. The number of aryl methyl sites for hydroxylation is 1. The topological polar surface area (TPSA) is 54.7 Å². The predicted molar refractivity (Wildman–Crippen MR) is 133 cm³/mol. The van der Waals surface area contributed by atoms with Crippen LogP contribution in [-0.2, 0) is 17.9 Å². The number of nitrogens with zero attached hydrogens (tertiary/aromatic N) is 2. The Bertz CT molecular complexity index is 1190. The Balaban J connectivity index is 1.44. The Morgan fingerprint density at radius 3 is 2.06 bits per heavy atom. The minimum absolute atomic E-state index is 0.425. The van der Waals surface area contributed by atoms with Crippen LogP contribution in [0.3, 0.4) is 0 Å². The number of hydrogen-bond donors (Lipinski definition) is 0. The lowest BCUT2D eigenvalue weighted by Crippen LogP contribution is -2.05. The van der Waals surface area contributed by atoms with Crippen molar-refractivity contribution in [2.75, 3.05) is 27.9 Å². The zero-order valence-electron chi connectivity index (χ0n) is 19.9. The zero-order valence-corrected chi connectivity index (χ0v) is 19.9. The first-order valence-electron chi connectivity index (χ1n) is 11.3. The van der Waals surface area contributed by atoms with E-state index in [0.717, 1.165) is 41.0 Å². The Morgan fingerprint density at radius 2 is 1.41 bits per heavy atom. The lowest BCUT2D eigenvalue weighted by Gasteiger charge is -2.16. The van der Waals surface area contributed by atoms with Crippen LogP contribution in [0.15, 0.2) is 79.1 Å². The van der Waals surface area contributed by atoms with Gasteiger partial charge in [-0.2, -0.15) is 0 Å². The van der Waals surface area contributed by atoms with Crippen LogP contribution in [0.25, 0.3) is 22.5 Å². The Labute approximate surface area is 200 Å². The van der Waals surface area contributed by atoms with Crippen LogP contribution in [0.4, 0.5) is 0 Å². The van der Waals surface area contributed by atoms with Gasteiger partial charge in [0.2, 0.25) is 5.75 Å². The molecule has 0 saturated carbocycles. The van der Waals surface area contributed by atoms with Crippen molar-refractivity contribution in [3.8, 4) is 39.8 Å². The number of aromatic nitrogens is 2. The van der Waals surface area contributed by atoms with Gasteiger partial charge in [0.1, 0.15) is 0 Å². The molecule has 1 heterocycles. The highest BCUT2D eigenvalue weighted by Crippen LogP contribution is 2.40. The van der Waals surface area contributed by atoms with Gasteiger partial charge in [0, 0.05) is 29.8 Å². The first kappa shape index (κ1) is 23.4. The molecule has 0 N–H and O–H groups in total. The maximum Gasteiger partial charge on any atom is 0.203 e. The summed E-state index contributed by atoms with van der Waals surface area (Å²) < 4.78 is 24.6. The summed E-state index contributed by atoms with van der Waals surface area (Å²) in [6, 6.07) is 24.5. The van der Waals surface area contributed by atoms with Crippen molar-refractivity contribution in [1.29, 1.82) is 0 Å². The minimum Gasteiger partial charge on any atom is -0.493 e. The van der Waals surface area contributed by atoms with Crippen molar-refractivity contribution in [3.63, 3.8) is 0 Å². The molecule has 4 aromatic rings. The maximum atomic E-state index is 5.98. The molecule has 0 aliphatic rings. The van der Waals surface area contributed by atoms with Crippen molar-refractivity contribution < 1.29 is 18.9 Å². The third-order valence-electron chi connectivity index (χ3n) is 5.66. The molecule has 6 heteroatoms. The van der Waals surface area contributed by atoms with E-state index in [1.54, 1.807) is 21.3 Å². The van der Waals surface area contributed by atoms with Gasteiger partial charge in [0.05, 0.1) is 45.7 Å². The number of benzene rings is 3. The maximum absolute atomic E-state index is 5.98. The van der Waals surface area contributed by atoms with Crippen LogP contribution >= 0.6 is 0 Å². The van der Waals surface area contributed by atoms with E-state index >= 15 is 0 Å². The molecule has 6 nitrogen and oxygen atoms in total. The number of methoxy groups -OCH3 is 3. The molecule has 0 amide bonds. The molecule has 4 rings (SSSR count). The second-order valence-electron chi connectivity index (χ2n) is 7.77. The van der Waals surface area contributed by atoms with Crippen molar-refractivity contribution in [1.82, 2.24) is 9.55 Å². The molecule has 176 valence electrons. The van der Waals surface area contributed by atoms with Gasteiger partial charge in [-0.25, -0.2) is 4.98 Å². The zero-order chi connectivity index (χ0) is 23.8. The summed E-state index contributed by atoms with van der Waals surface area (Å²) in [5.41, 5.74) is 5.28. The van der Waals surface area contributed by atoms with Crippen LogP contribution in [-0.4, -0.2) is 37.5 Å². The number of imidazole rings is 1. The average molecular weight is 459 g/mol. The SMILES string of the molecule is COc1ccc(COCCCn2cnc(-c3ccccc3)c2-c2ccccc2)c(OC)c1OC. The molecular weight excluding hydrogens is 428 g/mol. The van der Waals surface area contributed by atoms with Gasteiger partial charge in [-0.05, 0) is 18.6 Å². The number of rotatable bonds is 11. The fourth-order valence-electron chi connectivity index (χ4n) is 4.05. The molecule has 0 radical (unpaired) electrons. The van der Waals surface area contributed by atoms with Crippen molar-refractivity contribution in [2.45, 2.75) is 19.6 Å². The minimum atomic E-state index is 0.425. The first-order valence-corrected chi connectivity index (χ1v) is 11.3. The highest BCUT2D eigenvalue weighted by molar-refractivity contribution is 5.78. The molecule has 0 atom stereocenters. The van der Waals surface area contributed by atoms with E-state index in [9.17, 15) is 0 Å². The van der Waals surface area contributed by atoms with E-state index in [2.05, 4.69) is 41.0 Å². The molecule has 34 heavy (non-hydrogen) atoms. The van der Waals surface area contributed by atoms with Crippen LogP contribution in [0, 0.1) is 0 Å². The van der Waals surface area contributed by atoms with Crippen LogP contribution in [0.2, 0.25) is 0 Å². The van der Waals surface area contributed by atoms with Gasteiger partial charge in [-0.15, -0.1) is 0 Å². The van der Waals surface area contributed by atoms with Crippen molar-refractivity contribution in [3.05, 3.63) is 84.7 Å². The van der Waals surface area contributed by atoms with Crippen molar-refractivity contribution >= 4 is 0 Å². The predicted octanol–water partition coefficient (Wildman–Crippen LogP) is 5.85. The fraction of sp³-hybridized carbons (Fsp3) is 0.250. The van der Waals surface area contributed by atoms with Crippen LogP contribution in [0.1, 0.15) is 12.0 Å². The summed E-state index contributed by atoms with van der Waals surface area (Å²) in [4.78, 5) is 4.75. The number of hydrogen-bond acceptors (Lipinski definition) is 5. The quantitative estimate of drug-likeness (QED) is 0.264. The molecule has 0 aliphatic heterocycles. The first-order chi connectivity index (χ1) is 16.8. The summed E-state index contributed by atoms with van der Waals surface area (Å²) >= 11 is 0. The summed E-state index contributed by atoms with van der Waals surface area (Å²) in [6.07, 6.45) is 2.77. The molecule has 0 saturated heterocycles. The van der Waals surface area contributed by atoms with E-state index in [-0.39, 0.29) is 0 Å². The summed E-state index contributed by atoms with van der Waals surface area (Å²) in [6.45, 7) is 1.83. The largest absolute Gasteiger partial charge is 0.493 e. The molecule has 0 fully saturated rings. The van der Waals surface area contributed by atoms with Gasteiger partial charge >= 0.3 is 0 Å². The summed E-state index contributed by atoms with van der Waals surface area (Å²) in [5, 5.41) is 0. The van der Waals surface area contributed by atoms with E-state index in [1.165, 1.54) is 0 Å². The third-order valence-corrected chi connectivity index (χ3v) is 5.66. The highest BCUT2D eigenvalue weighted by Gasteiger charge is 2.16. The number of ether oxygens (including phenoxy) is 4. The van der Waals surface area contributed by atoms with Gasteiger partial charge in [0.25, 0.3) is 0 Å².